The van der Waals surface area contributed by atoms with E-state index in [2.05, 4.69) is 0 Å². The molecule has 0 aliphatic heterocycles. The largest absolute Gasteiger partial charge is 0.465 e. The molecule has 4 nitrogen and oxygen atoms in total. The van der Waals surface area contributed by atoms with E-state index < -0.39 is 17.9 Å². The Morgan fingerprint density at radius 1 is 1.21 bits per heavy atom. The minimum absolute atomic E-state index is 0.125. The predicted molar refractivity (Wildman–Crippen MR) is 74.8 cm³/mol. The van der Waals surface area contributed by atoms with Gasteiger partial charge >= 0.3 is 11.9 Å². The van der Waals surface area contributed by atoms with Crippen LogP contribution in [0.4, 0.5) is 0 Å². The SMILES string of the molecule is CCOC(=O)C(Cc1cc(Cl)sc1Cl)C(=O)OCC. The van der Waals surface area contributed by atoms with Gasteiger partial charge in [0.1, 0.15) is 0 Å². The topological polar surface area (TPSA) is 52.6 Å². The summed E-state index contributed by atoms with van der Waals surface area (Å²) in [6.45, 7) is 3.75. The molecule has 0 radical (unpaired) electrons. The summed E-state index contributed by atoms with van der Waals surface area (Å²) in [5.41, 5.74) is 0.641. The van der Waals surface area contributed by atoms with Gasteiger partial charge in [0.25, 0.3) is 0 Å². The summed E-state index contributed by atoms with van der Waals surface area (Å²) in [7, 11) is 0. The molecule has 1 rings (SSSR count). The average molecular weight is 325 g/mol. The Morgan fingerprint density at radius 2 is 1.74 bits per heavy atom. The van der Waals surface area contributed by atoms with Gasteiger partial charge in [0.2, 0.25) is 0 Å². The molecule has 19 heavy (non-hydrogen) atoms. The van der Waals surface area contributed by atoms with Gasteiger partial charge in [0.15, 0.2) is 5.92 Å². The van der Waals surface area contributed by atoms with Crippen LogP contribution in [0, 0.1) is 5.92 Å². The first-order valence-corrected chi connectivity index (χ1v) is 7.33. The zero-order valence-electron chi connectivity index (χ0n) is 10.6. The molecule has 0 unspecified atom stereocenters. The molecule has 1 heterocycles. The van der Waals surface area contributed by atoms with E-state index in [1.54, 1.807) is 19.9 Å². The number of thiophene rings is 1. The molecule has 0 aliphatic carbocycles. The third-order valence-corrected chi connectivity index (χ3v) is 3.86. The van der Waals surface area contributed by atoms with Crippen LogP contribution in [0.1, 0.15) is 19.4 Å². The van der Waals surface area contributed by atoms with Crippen LogP contribution in [0.25, 0.3) is 0 Å². The highest BCUT2D eigenvalue weighted by Gasteiger charge is 2.30. The van der Waals surface area contributed by atoms with Crippen LogP contribution >= 0.6 is 34.5 Å². The summed E-state index contributed by atoms with van der Waals surface area (Å²) in [6, 6.07) is 1.64. The molecule has 0 aromatic carbocycles. The van der Waals surface area contributed by atoms with Crippen molar-refractivity contribution < 1.29 is 19.1 Å². The summed E-state index contributed by atoms with van der Waals surface area (Å²) >= 11 is 13.0. The van der Waals surface area contributed by atoms with E-state index in [1.807, 2.05) is 0 Å². The van der Waals surface area contributed by atoms with Gasteiger partial charge in [0, 0.05) is 0 Å². The van der Waals surface area contributed by atoms with Gasteiger partial charge in [0.05, 0.1) is 21.9 Å². The maximum absolute atomic E-state index is 11.8. The van der Waals surface area contributed by atoms with Crippen molar-refractivity contribution >= 4 is 46.5 Å². The zero-order chi connectivity index (χ0) is 14.4. The van der Waals surface area contributed by atoms with Gasteiger partial charge in [-0.1, -0.05) is 23.2 Å². The van der Waals surface area contributed by atoms with E-state index in [9.17, 15) is 9.59 Å². The first-order valence-electron chi connectivity index (χ1n) is 5.76. The lowest BCUT2D eigenvalue weighted by Gasteiger charge is -2.13. The molecule has 1 aromatic heterocycles. The lowest BCUT2D eigenvalue weighted by Crippen LogP contribution is -2.30. The fraction of sp³-hybridized carbons (Fsp3) is 0.500. The third kappa shape index (κ3) is 4.67. The highest BCUT2D eigenvalue weighted by atomic mass is 35.5. The van der Waals surface area contributed by atoms with Crippen LogP contribution in [-0.2, 0) is 25.5 Å². The standard InChI is InChI=1S/C12H14Cl2O4S/c1-3-17-11(15)8(12(16)18-4-2)5-7-6-9(13)19-10(7)14/h6,8H,3-5H2,1-2H3. The smallest absolute Gasteiger partial charge is 0.320 e. The van der Waals surface area contributed by atoms with Crippen LogP contribution in [0.5, 0.6) is 0 Å². The first kappa shape index (κ1) is 16.3. The fourth-order valence-corrected chi connectivity index (χ4v) is 2.99. The second kappa shape index (κ2) is 7.72. The van der Waals surface area contributed by atoms with Crippen LogP contribution in [0.2, 0.25) is 8.67 Å². The lowest BCUT2D eigenvalue weighted by atomic mass is 10.0. The number of ether oxygens (including phenoxy) is 2. The van der Waals surface area contributed by atoms with Gasteiger partial charge in [-0.2, -0.15) is 0 Å². The monoisotopic (exact) mass is 324 g/mol. The predicted octanol–water partition coefficient (Wildman–Crippen LogP) is 3.34. The van der Waals surface area contributed by atoms with Crippen molar-refractivity contribution in [1.82, 2.24) is 0 Å². The molecular weight excluding hydrogens is 311 g/mol. The Morgan fingerprint density at radius 3 is 2.11 bits per heavy atom. The fourth-order valence-electron chi connectivity index (χ4n) is 1.48. The molecule has 0 bridgehead atoms. The van der Waals surface area contributed by atoms with Crippen molar-refractivity contribution in [2.24, 2.45) is 5.92 Å². The number of hydrogen-bond donors (Lipinski definition) is 0. The summed E-state index contributed by atoms with van der Waals surface area (Å²) < 4.78 is 10.7. The highest BCUT2D eigenvalue weighted by Crippen LogP contribution is 2.33. The minimum Gasteiger partial charge on any atom is -0.465 e. The average Bonchev–Trinajstić information content (AvgIpc) is 2.65. The van der Waals surface area contributed by atoms with Crippen molar-refractivity contribution in [1.29, 1.82) is 0 Å². The van der Waals surface area contributed by atoms with Gasteiger partial charge in [-0.3, -0.25) is 9.59 Å². The second-order valence-electron chi connectivity index (χ2n) is 3.61. The van der Waals surface area contributed by atoms with Crippen molar-refractivity contribution in [2.45, 2.75) is 20.3 Å². The first-order chi connectivity index (χ1) is 8.99. The van der Waals surface area contributed by atoms with Crippen molar-refractivity contribution in [3.05, 3.63) is 20.3 Å². The highest BCUT2D eigenvalue weighted by molar-refractivity contribution is 7.20. The molecule has 106 valence electrons. The molecule has 0 amide bonds. The van der Waals surface area contributed by atoms with E-state index in [4.69, 9.17) is 32.7 Å². The molecule has 0 saturated carbocycles. The van der Waals surface area contributed by atoms with Gasteiger partial charge in [-0.15, -0.1) is 11.3 Å². The molecule has 0 atom stereocenters. The van der Waals surface area contributed by atoms with E-state index >= 15 is 0 Å². The summed E-state index contributed by atoms with van der Waals surface area (Å²) in [5.74, 6) is -2.23. The number of hydrogen-bond acceptors (Lipinski definition) is 5. The maximum atomic E-state index is 11.8. The zero-order valence-corrected chi connectivity index (χ0v) is 12.9. The number of rotatable bonds is 6. The van der Waals surface area contributed by atoms with Crippen LogP contribution in [-0.4, -0.2) is 25.2 Å². The molecule has 0 N–H and O–H groups in total. The van der Waals surface area contributed by atoms with E-state index in [0.29, 0.717) is 14.2 Å². The quantitative estimate of drug-likeness (QED) is 0.595. The van der Waals surface area contributed by atoms with Crippen molar-refractivity contribution in [3.63, 3.8) is 0 Å². The van der Waals surface area contributed by atoms with E-state index in [-0.39, 0.29) is 19.6 Å². The number of carbonyl (C=O) groups is 2. The van der Waals surface area contributed by atoms with Crippen LogP contribution < -0.4 is 0 Å². The van der Waals surface area contributed by atoms with Crippen LogP contribution in [0.3, 0.4) is 0 Å². The van der Waals surface area contributed by atoms with Crippen LogP contribution in [0.15, 0.2) is 6.07 Å². The number of carbonyl (C=O) groups excluding carboxylic acids is 2. The third-order valence-electron chi connectivity index (χ3n) is 2.29. The van der Waals surface area contributed by atoms with Gasteiger partial charge in [-0.05, 0) is 31.9 Å². The molecule has 0 fully saturated rings. The Bertz CT molecular complexity index is 441. The van der Waals surface area contributed by atoms with Gasteiger partial charge < -0.3 is 9.47 Å². The van der Waals surface area contributed by atoms with Crippen molar-refractivity contribution in [2.75, 3.05) is 13.2 Å². The Balaban J connectivity index is 2.87. The normalized spacial score (nSPS) is 10.6. The van der Waals surface area contributed by atoms with E-state index in [1.165, 1.54) is 11.3 Å². The lowest BCUT2D eigenvalue weighted by molar-refractivity contribution is -0.161. The molecule has 0 aliphatic rings. The molecule has 1 aromatic rings. The molecular formula is C12H14Cl2O4S. The molecule has 0 saturated heterocycles. The number of halogens is 2. The Hall–Kier alpha value is -0.780. The van der Waals surface area contributed by atoms with Crippen molar-refractivity contribution in [3.8, 4) is 0 Å². The summed E-state index contributed by atoms with van der Waals surface area (Å²) in [5, 5.41) is 0. The summed E-state index contributed by atoms with van der Waals surface area (Å²) in [6.07, 6.45) is 0.125. The second-order valence-corrected chi connectivity index (χ2v) is 5.90. The van der Waals surface area contributed by atoms with Gasteiger partial charge in [-0.25, -0.2) is 0 Å². The minimum atomic E-state index is -1.01. The molecule has 7 heteroatoms. The number of esters is 2. The maximum Gasteiger partial charge on any atom is 0.320 e. The van der Waals surface area contributed by atoms with E-state index in [0.717, 1.165) is 0 Å². The Kier molecular flexibility index (Phi) is 6.62. The molecule has 0 spiro atoms. The summed E-state index contributed by atoms with van der Waals surface area (Å²) in [4.78, 5) is 23.6. The Labute approximate surface area is 125 Å².